The molecular weight excluding hydrogens is 374 g/mol. The molecule has 0 bridgehead atoms. The molecular formula is C25H35N3O2. The summed E-state index contributed by atoms with van der Waals surface area (Å²) in [6.45, 7) is 6.15. The summed E-state index contributed by atoms with van der Waals surface area (Å²) in [7, 11) is 4.16. The van der Waals surface area contributed by atoms with Gasteiger partial charge in [-0.15, -0.1) is 0 Å². The molecule has 0 unspecified atom stereocenters. The van der Waals surface area contributed by atoms with Gasteiger partial charge in [0.15, 0.2) is 0 Å². The van der Waals surface area contributed by atoms with Crippen LogP contribution in [0, 0.1) is 13.8 Å². The Morgan fingerprint density at radius 3 is 2.23 bits per heavy atom. The Bertz CT molecular complexity index is 861. The van der Waals surface area contributed by atoms with Crippen LogP contribution in [0.5, 0.6) is 0 Å². The van der Waals surface area contributed by atoms with E-state index in [4.69, 9.17) is 0 Å². The van der Waals surface area contributed by atoms with Crippen molar-refractivity contribution in [2.45, 2.75) is 70.9 Å². The van der Waals surface area contributed by atoms with E-state index in [0.717, 1.165) is 62.7 Å². The van der Waals surface area contributed by atoms with Gasteiger partial charge in [0.25, 0.3) is 11.8 Å². The van der Waals surface area contributed by atoms with E-state index in [0.29, 0.717) is 17.3 Å². The van der Waals surface area contributed by atoms with E-state index < -0.39 is 0 Å². The molecule has 30 heavy (non-hydrogen) atoms. The number of likely N-dealkylation sites (N-methyl/N-ethyl adjacent to an activating group) is 1. The van der Waals surface area contributed by atoms with Gasteiger partial charge < -0.3 is 9.80 Å². The maximum atomic E-state index is 13.7. The molecule has 5 heteroatoms. The Hall–Kier alpha value is -2.14. The fraction of sp³-hybridized carbons (Fsp3) is 0.600. The lowest BCUT2D eigenvalue weighted by atomic mass is 9.93. The van der Waals surface area contributed by atoms with Gasteiger partial charge >= 0.3 is 0 Å². The molecule has 2 fully saturated rings. The molecule has 1 aromatic carbocycles. The van der Waals surface area contributed by atoms with Crippen LogP contribution in [0.1, 0.15) is 61.6 Å². The highest BCUT2D eigenvalue weighted by Crippen LogP contribution is 2.38. The largest absolute Gasteiger partial charge is 0.366 e. The second-order valence-electron chi connectivity index (χ2n) is 9.46. The van der Waals surface area contributed by atoms with Gasteiger partial charge in [-0.25, -0.2) is 0 Å². The molecule has 2 heterocycles. The minimum absolute atomic E-state index is 0.0443. The van der Waals surface area contributed by atoms with Gasteiger partial charge in [-0.1, -0.05) is 43.0 Å². The van der Waals surface area contributed by atoms with Crippen LogP contribution in [0.2, 0.25) is 0 Å². The zero-order valence-corrected chi connectivity index (χ0v) is 18.9. The summed E-state index contributed by atoms with van der Waals surface area (Å²) < 4.78 is 0. The Labute approximate surface area is 180 Å². The van der Waals surface area contributed by atoms with Gasteiger partial charge in [-0.2, -0.15) is 0 Å². The van der Waals surface area contributed by atoms with E-state index in [2.05, 4.69) is 29.8 Å². The smallest absolute Gasteiger partial charge is 0.278 e. The number of rotatable bonds is 4. The maximum Gasteiger partial charge on any atom is 0.278 e. The number of hydrogen-bond acceptors (Lipinski definition) is 4. The lowest BCUT2D eigenvalue weighted by molar-refractivity contribution is -0.141. The van der Waals surface area contributed by atoms with Crippen LogP contribution >= 0.6 is 0 Å². The number of hydrogen-bond donors (Lipinski definition) is 0. The van der Waals surface area contributed by atoms with E-state index in [9.17, 15) is 9.59 Å². The molecule has 5 nitrogen and oxygen atoms in total. The third-order valence-electron chi connectivity index (χ3n) is 7.27. The summed E-state index contributed by atoms with van der Waals surface area (Å²) in [5, 5.41) is 0. The minimum Gasteiger partial charge on any atom is -0.366 e. The quantitative estimate of drug-likeness (QED) is 0.711. The Kier molecular flexibility index (Phi) is 6.01. The SMILES string of the molecule is Cc1ccc(C2=C(N(C)C3CCN(C)CC3)C(=O)N(C3CCCCC3)C2=O)c(C)c1. The summed E-state index contributed by atoms with van der Waals surface area (Å²) in [6.07, 6.45) is 7.29. The van der Waals surface area contributed by atoms with Crippen LogP contribution in [0.15, 0.2) is 23.9 Å². The van der Waals surface area contributed by atoms with Crippen LogP contribution in [0.25, 0.3) is 5.57 Å². The summed E-state index contributed by atoms with van der Waals surface area (Å²) in [4.78, 5) is 33.5. The molecule has 2 aliphatic heterocycles. The normalized spacial score (nSPS) is 22.3. The van der Waals surface area contributed by atoms with Crippen molar-refractivity contribution in [3.8, 4) is 0 Å². The van der Waals surface area contributed by atoms with E-state index in [1.807, 2.05) is 26.1 Å². The standard InChI is InChI=1S/C25H35N3O2/c1-17-10-11-21(18(2)16-17)22-23(27(4)19-12-14-26(3)15-13-19)25(30)28(24(22)29)20-8-6-5-7-9-20/h10-11,16,19-20H,5-9,12-15H2,1-4H3. The molecule has 0 N–H and O–H groups in total. The average molecular weight is 410 g/mol. The predicted octanol–water partition coefficient (Wildman–Crippen LogP) is 3.74. The number of imide groups is 1. The van der Waals surface area contributed by atoms with Crippen molar-refractivity contribution in [1.29, 1.82) is 0 Å². The molecule has 0 atom stereocenters. The van der Waals surface area contributed by atoms with E-state index in [1.165, 1.54) is 12.0 Å². The predicted molar refractivity (Wildman–Crippen MR) is 120 cm³/mol. The van der Waals surface area contributed by atoms with E-state index in [-0.39, 0.29) is 17.9 Å². The van der Waals surface area contributed by atoms with Crippen molar-refractivity contribution in [3.63, 3.8) is 0 Å². The van der Waals surface area contributed by atoms with Gasteiger partial charge in [-0.05, 0) is 70.8 Å². The van der Waals surface area contributed by atoms with Crippen molar-refractivity contribution in [2.75, 3.05) is 27.2 Å². The van der Waals surface area contributed by atoms with Gasteiger partial charge in [0.05, 0.1) is 5.57 Å². The second kappa shape index (κ2) is 8.54. The summed E-state index contributed by atoms with van der Waals surface area (Å²) in [6, 6.07) is 6.51. The van der Waals surface area contributed by atoms with Crippen molar-refractivity contribution in [2.24, 2.45) is 0 Å². The lowest BCUT2D eigenvalue weighted by Crippen LogP contribution is -2.46. The van der Waals surface area contributed by atoms with Gasteiger partial charge in [0, 0.05) is 19.1 Å². The number of aryl methyl sites for hydroxylation is 2. The topological polar surface area (TPSA) is 43.9 Å². The van der Waals surface area contributed by atoms with Crippen molar-refractivity contribution in [1.82, 2.24) is 14.7 Å². The first kappa shape index (κ1) is 21.1. The van der Waals surface area contributed by atoms with Crippen LogP contribution in [-0.4, -0.2) is 65.8 Å². The lowest BCUT2D eigenvalue weighted by Gasteiger charge is -2.37. The average Bonchev–Trinajstić information content (AvgIpc) is 2.99. The zero-order valence-electron chi connectivity index (χ0n) is 18.9. The summed E-state index contributed by atoms with van der Waals surface area (Å²) >= 11 is 0. The van der Waals surface area contributed by atoms with Crippen LogP contribution in [0.3, 0.4) is 0 Å². The molecule has 162 valence electrons. The van der Waals surface area contributed by atoms with Crippen LogP contribution in [-0.2, 0) is 9.59 Å². The number of likely N-dealkylation sites (tertiary alicyclic amines) is 1. The highest BCUT2D eigenvalue weighted by molar-refractivity contribution is 6.36. The fourth-order valence-electron chi connectivity index (χ4n) is 5.43. The Morgan fingerprint density at radius 2 is 1.60 bits per heavy atom. The minimum atomic E-state index is -0.0892. The number of nitrogens with zero attached hydrogens (tertiary/aromatic N) is 3. The maximum absolute atomic E-state index is 13.7. The first-order chi connectivity index (χ1) is 14.4. The van der Waals surface area contributed by atoms with Crippen LogP contribution < -0.4 is 0 Å². The highest BCUT2D eigenvalue weighted by Gasteiger charge is 2.45. The number of carbonyl (C=O) groups excluding carboxylic acids is 2. The fourth-order valence-corrected chi connectivity index (χ4v) is 5.43. The van der Waals surface area contributed by atoms with Gasteiger partial charge in [0.2, 0.25) is 0 Å². The number of carbonyl (C=O) groups is 2. The second-order valence-corrected chi connectivity index (χ2v) is 9.46. The number of piperidine rings is 1. The first-order valence-corrected chi connectivity index (χ1v) is 11.5. The van der Waals surface area contributed by atoms with Crippen molar-refractivity contribution < 1.29 is 9.59 Å². The van der Waals surface area contributed by atoms with E-state index >= 15 is 0 Å². The van der Waals surface area contributed by atoms with Gasteiger partial charge in [0.1, 0.15) is 5.70 Å². The molecule has 1 aliphatic carbocycles. The molecule has 0 radical (unpaired) electrons. The summed E-state index contributed by atoms with van der Waals surface area (Å²) in [5.41, 5.74) is 4.37. The Morgan fingerprint density at radius 1 is 0.933 bits per heavy atom. The molecule has 1 saturated heterocycles. The molecule has 0 aromatic heterocycles. The van der Waals surface area contributed by atoms with Crippen LogP contribution in [0.4, 0.5) is 0 Å². The van der Waals surface area contributed by atoms with Gasteiger partial charge in [-0.3, -0.25) is 14.5 Å². The first-order valence-electron chi connectivity index (χ1n) is 11.5. The Balaban J connectivity index is 1.75. The van der Waals surface area contributed by atoms with E-state index in [1.54, 1.807) is 4.90 Å². The molecule has 4 rings (SSSR count). The molecule has 1 saturated carbocycles. The number of amides is 2. The number of benzene rings is 1. The monoisotopic (exact) mass is 409 g/mol. The van der Waals surface area contributed by atoms with Crippen molar-refractivity contribution >= 4 is 17.4 Å². The zero-order chi connectivity index (χ0) is 21.4. The molecule has 3 aliphatic rings. The molecule has 0 spiro atoms. The summed E-state index contributed by atoms with van der Waals surface area (Å²) in [5.74, 6) is -0.170. The van der Waals surface area contributed by atoms with Crippen molar-refractivity contribution in [3.05, 3.63) is 40.6 Å². The molecule has 2 amide bonds. The molecule has 1 aromatic rings. The third-order valence-corrected chi connectivity index (χ3v) is 7.27. The third kappa shape index (κ3) is 3.80. The highest BCUT2D eigenvalue weighted by atomic mass is 16.2.